The lowest BCUT2D eigenvalue weighted by Gasteiger charge is -2.25. The Balaban J connectivity index is 2.45. The monoisotopic (exact) mass is 208 g/mol. The van der Waals surface area contributed by atoms with Gasteiger partial charge in [0.1, 0.15) is 5.82 Å². The second kappa shape index (κ2) is 3.62. The molecule has 0 bridgehead atoms. The van der Waals surface area contributed by atoms with Crippen molar-refractivity contribution < 1.29 is 9.18 Å². The molecule has 80 valence electrons. The van der Waals surface area contributed by atoms with Crippen molar-refractivity contribution >= 4 is 11.6 Å². The van der Waals surface area contributed by atoms with Crippen LogP contribution in [-0.2, 0) is 11.2 Å². The highest BCUT2D eigenvalue weighted by atomic mass is 19.1. The lowest BCUT2D eigenvalue weighted by Crippen LogP contribution is -2.35. The van der Waals surface area contributed by atoms with Crippen molar-refractivity contribution in [1.29, 1.82) is 0 Å². The van der Waals surface area contributed by atoms with Gasteiger partial charge in [-0.25, -0.2) is 4.39 Å². The molecule has 0 aromatic heterocycles. The average Bonchev–Trinajstić information content (AvgIpc) is 2.24. The van der Waals surface area contributed by atoms with Crippen molar-refractivity contribution in [1.82, 2.24) is 0 Å². The summed E-state index contributed by atoms with van der Waals surface area (Å²) in [6, 6.07) is 3.14. The van der Waals surface area contributed by atoms with E-state index in [4.69, 9.17) is 5.73 Å². The molecule has 1 heterocycles. The number of fused-ring (bicyclic) bond motifs is 1. The van der Waals surface area contributed by atoms with Crippen LogP contribution in [0.3, 0.4) is 0 Å². The Hall–Kier alpha value is -1.42. The first-order valence-corrected chi connectivity index (χ1v) is 4.92. The van der Waals surface area contributed by atoms with Gasteiger partial charge in [-0.15, -0.1) is 0 Å². The minimum absolute atomic E-state index is 0.112. The highest BCUT2D eigenvalue weighted by Gasteiger charge is 2.26. The number of halogens is 1. The highest BCUT2D eigenvalue weighted by molar-refractivity contribution is 5.96. The Bertz CT molecular complexity index is 417. The maximum atomic E-state index is 13.2. The molecule has 2 rings (SSSR count). The van der Waals surface area contributed by atoms with Crippen LogP contribution in [0.2, 0.25) is 0 Å². The Morgan fingerprint density at radius 2 is 2.33 bits per heavy atom. The summed E-state index contributed by atoms with van der Waals surface area (Å²) >= 11 is 0. The first-order valence-electron chi connectivity index (χ1n) is 4.92. The van der Waals surface area contributed by atoms with Crippen LogP contribution in [0.4, 0.5) is 10.1 Å². The number of hydrogen-bond donors (Lipinski definition) is 2. The molecule has 0 fully saturated rings. The first-order chi connectivity index (χ1) is 7.13. The van der Waals surface area contributed by atoms with E-state index in [1.54, 1.807) is 13.0 Å². The zero-order valence-corrected chi connectivity index (χ0v) is 8.51. The molecule has 1 aromatic rings. The molecule has 1 aromatic carbocycles. The van der Waals surface area contributed by atoms with E-state index in [1.165, 1.54) is 6.07 Å². The maximum Gasteiger partial charge on any atom is 0.229 e. The summed E-state index contributed by atoms with van der Waals surface area (Å²) in [6.45, 7) is 1.99. The molecule has 15 heavy (non-hydrogen) atoms. The predicted molar refractivity (Wildman–Crippen MR) is 56.0 cm³/mol. The molecule has 1 aliphatic rings. The van der Waals surface area contributed by atoms with E-state index in [0.29, 0.717) is 24.2 Å². The molecule has 4 heteroatoms. The third-order valence-electron chi connectivity index (χ3n) is 2.86. The van der Waals surface area contributed by atoms with Gasteiger partial charge in [0, 0.05) is 17.8 Å². The van der Waals surface area contributed by atoms with Crippen molar-refractivity contribution in [3.05, 3.63) is 29.1 Å². The summed E-state index contributed by atoms with van der Waals surface area (Å²) in [5.41, 5.74) is 7.56. The summed E-state index contributed by atoms with van der Waals surface area (Å²) in [6.07, 6.45) is 0.596. The second-order valence-electron chi connectivity index (χ2n) is 3.83. The van der Waals surface area contributed by atoms with Crippen molar-refractivity contribution in [3.8, 4) is 0 Å². The first kappa shape index (κ1) is 10.1. The van der Waals surface area contributed by atoms with Crippen LogP contribution in [0.25, 0.3) is 0 Å². The molecule has 3 N–H and O–H groups in total. The van der Waals surface area contributed by atoms with Crippen LogP contribution in [0, 0.1) is 18.7 Å². The number of hydrogen-bond acceptors (Lipinski definition) is 2. The number of nitrogens with two attached hydrogens (primary N) is 1. The van der Waals surface area contributed by atoms with Crippen molar-refractivity contribution in [2.75, 3.05) is 11.9 Å². The number of amides is 1. The SMILES string of the molecule is Cc1c(F)ccc2c1NC(=O)C(CN)C2. The molecule has 0 radical (unpaired) electrons. The molecule has 3 nitrogen and oxygen atoms in total. The van der Waals surface area contributed by atoms with E-state index in [9.17, 15) is 9.18 Å². The molecule has 1 atom stereocenters. The van der Waals surface area contributed by atoms with Crippen LogP contribution in [0.1, 0.15) is 11.1 Å². The average molecular weight is 208 g/mol. The molecule has 0 saturated carbocycles. The normalized spacial score (nSPS) is 19.7. The second-order valence-corrected chi connectivity index (χ2v) is 3.83. The van der Waals surface area contributed by atoms with Gasteiger partial charge in [0.05, 0.1) is 5.92 Å². The van der Waals surface area contributed by atoms with Crippen LogP contribution < -0.4 is 11.1 Å². The smallest absolute Gasteiger partial charge is 0.229 e. The van der Waals surface area contributed by atoms with E-state index >= 15 is 0 Å². The summed E-state index contributed by atoms with van der Waals surface area (Å²) in [4.78, 5) is 11.5. The molecular formula is C11H13FN2O. The van der Waals surface area contributed by atoms with Crippen LogP contribution >= 0.6 is 0 Å². The number of nitrogens with one attached hydrogen (secondary N) is 1. The Labute approximate surface area is 87.5 Å². The number of anilines is 1. The van der Waals surface area contributed by atoms with Crippen molar-refractivity contribution in [3.63, 3.8) is 0 Å². The van der Waals surface area contributed by atoms with Gasteiger partial charge in [0.15, 0.2) is 0 Å². The number of rotatable bonds is 1. The van der Waals surface area contributed by atoms with Gasteiger partial charge in [-0.05, 0) is 25.0 Å². The van der Waals surface area contributed by atoms with E-state index in [1.807, 2.05) is 0 Å². The maximum absolute atomic E-state index is 13.2. The van der Waals surface area contributed by atoms with Crippen LogP contribution in [-0.4, -0.2) is 12.5 Å². The van der Waals surface area contributed by atoms with E-state index in [2.05, 4.69) is 5.32 Å². The fourth-order valence-corrected chi connectivity index (χ4v) is 1.86. The molecule has 1 unspecified atom stereocenters. The third kappa shape index (κ3) is 1.61. The predicted octanol–water partition coefficient (Wildman–Crippen LogP) is 1.20. The minimum Gasteiger partial charge on any atom is -0.330 e. The van der Waals surface area contributed by atoms with Crippen LogP contribution in [0.5, 0.6) is 0 Å². The van der Waals surface area contributed by atoms with Gasteiger partial charge in [0.2, 0.25) is 5.91 Å². The molecular weight excluding hydrogens is 195 g/mol. The fraction of sp³-hybridized carbons (Fsp3) is 0.364. The third-order valence-corrected chi connectivity index (χ3v) is 2.86. The van der Waals surface area contributed by atoms with E-state index < -0.39 is 0 Å². The number of benzene rings is 1. The zero-order valence-electron chi connectivity index (χ0n) is 8.51. The summed E-state index contributed by atoms with van der Waals surface area (Å²) in [5.74, 6) is -0.596. The highest BCUT2D eigenvalue weighted by Crippen LogP contribution is 2.29. The fourth-order valence-electron chi connectivity index (χ4n) is 1.86. The van der Waals surface area contributed by atoms with Gasteiger partial charge < -0.3 is 11.1 Å². The molecule has 0 aliphatic carbocycles. The Morgan fingerprint density at radius 1 is 1.60 bits per heavy atom. The molecule has 0 spiro atoms. The van der Waals surface area contributed by atoms with Gasteiger partial charge in [-0.1, -0.05) is 6.07 Å². The van der Waals surface area contributed by atoms with Gasteiger partial charge in [-0.2, -0.15) is 0 Å². The lowest BCUT2D eigenvalue weighted by molar-refractivity contribution is -0.119. The largest absolute Gasteiger partial charge is 0.330 e. The number of carbonyl (C=O) groups excluding carboxylic acids is 1. The summed E-state index contributed by atoms with van der Waals surface area (Å²) in [5, 5.41) is 2.71. The topological polar surface area (TPSA) is 55.1 Å². The van der Waals surface area contributed by atoms with Gasteiger partial charge in [-0.3, -0.25) is 4.79 Å². The quantitative estimate of drug-likeness (QED) is 0.728. The number of carbonyl (C=O) groups is 1. The van der Waals surface area contributed by atoms with Crippen molar-refractivity contribution in [2.24, 2.45) is 11.7 Å². The summed E-state index contributed by atoms with van der Waals surface area (Å²) in [7, 11) is 0. The standard InChI is InChI=1S/C11H13FN2O/c1-6-9(12)3-2-7-4-8(5-13)11(15)14-10(6)7/h2-3,8H,4-5,13H2,1H3,(H,14,15). The molecule has 0 saturated heterocycles. The lowest BCUT2D eigenvalue weighted by atomic mass is 9.91. The van der Waals surface area contributed by atoms with Crippen molar-refractivity contribution in [2.45, 2.75) is 13.3 Å². The Morgan fingerprint density at radius 3 is 3.00 bits per heavy atom. The van der Waals surface area contributed by atoms with Crippen LogP contribution in [0.15, 0.2) is 12.1 Å². The van der Waals surface area contributed by atoms with E-state index in [0.717, 1.165) is 5.56 Å². The Kier molecular flexibility index (Phi) is 2.44. The summed E-state index contributed by atoms with van der Waals surface area (Å²) < 4.78 is 13.2. The molecule has 1 aliphatic heterocycles. The van der Waals surface area contributed by atoms with Gasteiger partial charge >= 0.3 is 0 Å². The van der Waals surface area contributed by atoms with Gasteiger partial charge in [0.25, 0.3) is 0 Å². The minimum atomic E-state index is -0.291. The molecule has 1 amide bonds. The zero-order chi connectivity index (χ0) is 11.0. The van der Waals surface area contributed by atoms with E-state index in [-0.39, 0.29) is 17.6 Å².